The van der Waals surface area contributed by atoms with Gasteiger partial charge in [0.15, 0.2) is 0 Å². The van der Waals surface area contributed by atoms with Gasteiger partial charge in [-0.15, -0.1) is 0 Å². The highest BCUT2D eigenvalue weighted by molar-refractivity contribution is 7.99. The van der Waals surface area contributed by atoms with Crippen LogP contribution in [0.3, 0.4) is 0 Å². The molecule has 1 heterocycles. The summed E-state index contributed by atoms with van der Waals surface area (Å²) < 4.78 is 0. The largest absolute Gasteiger partial charge is 0.314 e. The average Bonchev–Trinajstić information content (AvgIpc) is 3.14. The van der Waals surface area contributed by atoms with E-state index < -0.39 is 0 Å². The normalized spacial score (nSPS) is 28.6. The van der Waals surface area contributed by atoms with Crippen molar-refractivity contribution in [3.8, 4) is 0 Å². The summed E-state index contributed by atoms with van der Waals surface area (Å²) in [4.78, 5) is 0. The molecular formula is C13H23NS. The maximum atomic E-state index is 3.85. The molecule has 0 atom stereocenters. The molecule has 3 fully saturated rings. The van der Waals surface area contributed by atoms with Crippen molar-refractivity contribution >= 4 is 11.8 Å². The molecule has 1 aliphatic heterocycles. The minimum atomic E-state index is 0.853. The van der Waals surface area contributed by atoms with Crippen molar-refractivity contribution in [1.29, 1.82) is 0 Å². The van der Waals surface area contributed by atoms with E-state index in [-0.39, 0.29) is 0 Å². The van der Waals surface area contributed by atoms with E-state index in [0.717, 1.165) is 23.8 Å². The monoisotopic (exact) mass is 225 g/mol. The first kappa shape index (κ1) is 10.5. The number of thioether (sulfide) groups is 1. The van der Waals surface area contributed by atoms with Crippen LogP contribution >= 0.6 is 11.8 Å². The second-order valence-electron chi connectivity index (χ2n) is 5.63. The lowest BCUT2D eigenvalue weighted by Crippen LogP contribution is -2.37. The summed E-state index contributed by atoms with van der Waals surface area (Å²) in [6, 6.07) is 0.853. The van der Waals surface area contributed by atoms with Crippen LogP contribution in [0.25, 0.3) is 0 Å². The topological polar surface area (TPSA) is 12.0 Å². The van der Waals surface area contributed by atoms with Crippen LogP contribution in [0.4, 0.5) is 0 Å². The van der Waals surface area contributed by atoms with Crippen molar-refractivity contribution < 1.29 is 0 Å². The highest BCUT2D eigenvalue weighted by Crippen LogP contribution is 2.48. The van der Waals surface area contributed by atoms with Gasteiger partial charge in [-0.05, 0) is 74.3 Å². The fourth-order valence-corrected chi connectivity index (χ4v) is 4.08. The number of hydrogen-bond acceptors (Lipinski definition) is 2. The maximum absolute atomic E-state index is 3.85. The molecular weight excluding hydrogens is 202 g/mol. The highest BCUT2D eigenvalue weighted by atomic mass is 32.2. The van der Waals surface area contributed by atoms with E-state index in [0.29, 0.717) is 0 Å². The van der Waals surface area contributed by atoms with Crippen LogP contribution in [-0.4, -0.2) is 24.1 Å². The summed E-state index contributed by atoms with van der Waals surface area (Å²) >= 11 is 2.13. The smallest absolute Gasteiger partial charge is 0.00828 e. The van der Waals surface area contributed by atoms with Crippen LogP contribution in [0.5, 0.6) is 0 Å². The first-order valence-corrected chi connectivity index (χ1v) is 7.90. The second-order valence-corrected chi connectivity index (χ2v) is 6.86. The predicted octanol–water partition coefficient (Wildman–Crippen LogP) is 2.91. The van der Waals surface area contributed by atoms with Crippen LogP contribution in [0.2, 0.25) is 0 Å². The molecule has 0 spiro atoms. The van der Waals surface area contributed by atoms with E-state index in [2.05, 4.69) is 17.1 Å². The van der Waals surface area contributed by atoms with Crippen LogP contribution in [0.15, 0.2) is 0 Å². The Morgan fingerprint density at radius 1 is 0.933 bits per heavy atom. The van der Waals surface area contributed by atoms with Gasteiger partial charge < -0.3 is 5.32 Å². The molecule has 15 heavy (non-hydrogen) atoms. The molecule has 0 aromatic rings. The third-order valence-corrected chi connectivity index (χ3v) is 5.37. The van der Waals surface area contributed by atoms with E-state index in [1.807, 2.05) is 0 Å². The molecule has 0 unspecified atom stereocenters. The molecule has 2 saturated carbocycles. The van der Waals surface area contributed by atoms with Gasteiger partial charge in [-0.25, -0.2) is 0 Å². The Hall–Kier alpha value is 0.310. The van der Waals surface area contributed by atoms with Crippen molar-refractivity contribution in [2.24, 2.45) is 17.8 Å². The van der Waals surface area contributed by atoms with Crippen LogP contribution in [0, 0.1) is 17.8 Å². The summed E-state index contributed by atoms with van der Waals surface area (Å²) in [5, 5.41) is 3.85. The van der Waals surface area contributed by atoms with Gasteiger partial charge in [0.25, 0.3) is 0 Å². The standard InChI is InChI=1S/C13H23NS/c1-2-10(1)13(11-3-4-11)9-14-12-5-7-15-8-6-12/h10-14H,1-9H2. The third-order valence-electron chi connectivity index (χ3n) is 4.32. The van der Waals surface area contributed by atoms with E-state index in [1.165, 1.54) is 56.6 Å². The third kappa shape index (κ3) is 2.91. The van der Waals surface area contributed by atoms with E-state index in [1.54, 1.807) is 0 Å². The van der Waals surface area contributed by atoms with E-state index >= 15 is 0 Å². The molecule has 3 rings (SSSR count). The minimum absolute atomic E-state index is 0.853. The van der Waals surface area contributed by atoms with Crippen molar-refractivity contribution in [3.63, 3.8) is 0 Å². The van der Waals surface area contributed by atoms with Crippen molar-refractivity contribution in [2.45, 2.75) is 44.6 Å². The van der Waals surface area contributed by atoms with Crippen molar-refractivity contribution in [2.75, 3.05) is 18.1 Å². The minimum Gasteiger partial charge on any atom is -0.314 e. The lowest BCUT2D eigenvalue weighted by atomic mass is 9.97. The van der Waals surface area contributed by atoms with Gasteiger partial charge in [-0.2, -0.15) is 11.8 Å². The molecule has 2 heteroatoms. The fraction of sp³-hybridized carbons (Fsp3) is 1.00. The van der Waals surface area contributed by atoms with Crippen molar-refractivity contribution in [3.05, 3.63) is 0 Å². The Morgan fingerprint density at radius 2 is 1.53 bits per heavy atom. The Kier molecular flexibility index (Phi) is 3.25. The molecule has 0 bridgehead atoms. The first-order valence-electron chi connectivity index (χ1n) is 6.74. The fourth-order valence-electron chi connectivity index (χ4n) is 2.97. The number of nitrogens with one attached hydrogen (secondary N) is 1. The van der Waals surface area contributed by atoms with Gasteiger partial charge in [-0.3, -0.25) is 0 Å². The van der Waals surface area contributed by atoms with Gasteiger partial charge >= 0.3 is 0 Å². The second kappa shape index (κ2) is 4.67. The van der Waals surface area contributed by atoms with Gasteiger partial charge in [0, 0.05) is 6.04 Å². The number of hydrogen-bond donors (Lipinski definition) is 1. The van der Waals surface area contributed by atoms with Gasteiger partial charge in [0.05, 0.1) is 0 Å². The number of rotatable bonds is 5. The maximum Gasteiger partial charge on any atom is 0.00828 e. The zero-order valence-corrected chi connectivity index (χ0v) is 10.4. The van der Waals surface area contributed by atoms with E-state index in [4.69, 9.17) is 0 Å². The average molecular weight is 225 g/mol. The molecule has 0 amide bonds. The molecule has 1 N–H and O–H groups in total. The first-order chi connectivity index (χ1) is 7.43. The Bertz CT molecular complexity index is 193. The summed E-state index contributed by atoms with van der Waals surface area (Å²) in [5.41, 5.74) is 0. The lowest BCUT2D eigenvalue weighted by molar-refractivity contribution is 0.346. The van der Waals surface area contributed by atoms with Gasteiger partial charge in [0.2, 0.25) is 0 Å². The highest BCUT2D eigenvalue weighted by Gasteiger charge is 2.41. The van der Waals surface area contributed by atoms with Crippen LogP contribution in [0.1, 0.15) is 38.5 Å². The zero-order valence-electron chi connectivity index (χ0n) is 9.58. The van der Waals surface area contributed by atoms with Gasteiger partial charge in [-0.1, -0.05) is 0 Å². The summed E-state index contributed by atoms with van der Waals surface area (Å²) in [7, 11) is 0. The van der Waals surface area contributed by atoms with Gasteiger partial charge in [0.1, 0.15) is 0 Å². The summed E-state index contributed by atoms with van der Waals surface area (Å²) in [6.45, 7) is 1.34. The molecule has 86 valence electrons. The SMILES string of the molecule is C1CC(NCC(C2CC2)C2CC2)CCS1. The Morgan fingerprint density at radius 3 is 2.07 bits per heavy atom. The molecule has 0 aromatic carbocycles. The van der Waals surface area contributed by atoms with Crippen molar-refractivity contribution in [1.82, 2.24) is 5.32 Å². The molecule has 3 aliphatic rings. The molecule has 1 nitrogen and oxygen atoms in total. The quantitative estimate of drug-likeness (QED) is 0.772. The molecule has 1 saturated heterocycles. The molecule has 0 radical (unpaired) electrons. The summed E-state index contributed by atoms with van der Waals surface area (Å²) in [6.07, 6.45) is 8.94. The molecule has 0 aromatic heterocycles. The summed E-state index contributed by atoms with van der Waals surface area (Å²) in [5.74, 6) is 6.05. The lowest BCUT2D eigenvalue weighted by Gasteiger charge is -2.25. The van der Waals surface area contributed by atoms with Crippen LogP contribution < -0.4 is 5.32 Å². The Labute approximate surface area is 97.8 Å². The van der Waals surface area contributed by atoms with Crippen LogP contribution in [-0.2, 0) is 0 Å². The predicted molar refractivity (Wildman–Crippen MR) is 67.3 cm³/mol. The Balaban J connectivity index is 1.42. The van der Waals surface area contributed by atoms with E-state index in [9.17, 15) is 0 Å². The zero-order chi connectivity index (χ0) is 10.1. The molecule has 2 aliphatic carbocycles.